The van der Waals surface area contributed by atoms with Crippen LogP contribution in [-0.2, 0) is 21.3 Å². The van der Waals surface area contributed by atoms with Crippen molar-refractivity contribution in [1.29, 1.82) is 5.26 Å². The van der Waals surface area contributed by atoms with E-state index in [4.69, 9.17) is 10.1 Å². The Morgan fingerprint density at radius 2 is 1.94 bits per heavy atom. The van der Waals surface area contributed by atoms with E-state index >= 15 is 0 Å². The van der Waals surface area contributed by atoms with Gasteiger partial charge in [0.15, 0.2) is 0 Å². The summed E-state index contributed by atoms with van der Waals surface area (Å²) >= 11 is 0. The van der Waals surface area contributed by atoms with E-state index in [1.54, 1.807) is 12.1 Å². The number of hydrogen-bond donors (Lipinski definition) is 1. The lowest BCUT2D eigenvalue weighted by Gasteiger charge is -2.09. The predicted octanol–water partition coefficient (Wildman–Crippen LogP) is 1.62. The highest BCUT2D eigenvalue weighted by Gasteiger charge is 2.13. The standard InChI is InChI=1S/C12H16N2O3S/c1-10(2)9-17-14-18(15,16)12-5-3-11(4-6-12)7-8-13/h3-6,10,14H,7,9H2,1-2H3. The Hall–Kier alpha value is -1.42. The zero-order chi connectivity index (χ0) is 13.6. The number of sulfonamides is 1. The number of nitrogens with zero attached hydrogens (tertiary/aromatic N) is 1. The normalized spacial score (nSPS) is 11.4. The second-order valence-corrected chi connectivity index (χ2v) is 5.92. The molecule has 5 nitrogen and oxygen atoms in total. The van der Waals surface area contributed by atoms with Crippen molar-refractivity contribution >= 4 is 10.0 Å². The summed E-state index contributed by atoms with van der Waals surface area (Å²) < 4.78 is 23.6. The second-order valence-electron chi connectivity index (χ2n) is 4.27. The SMILES string of the molecule is CC(C)CONS(=O)(=O)c1ccc(CC#N)cc1. The van der Waals surface area contributed by atoms with Crippen molar-refractivity contribution in [2.75, 3.05) is 6.61 Å². The van der Waals surface area contributed by atoms with Crippen LogP contribution < -0.4 is 4.89 Å². The molecule has 0 bridgehead atoms. The Labute approximate surface area is 107 Å². The van der Waals surface area contributed by atoms with Gasteiger partial charge in [0.2, 0.25) is 0 Å². The Kier molecular flexibility index (Phi) is 5.28. The van der Waals surface area contributed by atoms with Gasteiger partial charge in [-0.2, -0.15) is 5.26 Å². The van der Waals surface area contributed by atoms with Crippen LogP contribution >= 0.6 is 0 Å². The van der Waals surface area contributed by atoms with Crippen LogP contribution in [0.5, 0.6) is 0 Å². The first-order valence-corrected chi connectivity index (χ1v) is 7.03. The third-order valence-corrected chi connectivity index (χ3v) is 3.33. The van der Waals surface area contributed by atoms with Crippen LogP contribution in [0.3, 0.4) is 0 Å². The molecule has 0 radical (unpaired) electrons. The largest absolute Gasteiger partial charge is 0.287 e. The molecule has 0 fully saturated rings. The summed E-state index contributed by atoms with van der Waals surface area (Å²) in [5.41, 5.74) is 0.777. The van der Waals surface area contributed by atoms with Crippen molar-refractivity contribution in [2.24, 2.45) is 5.92 Å². The number of nitrogens with one attached hydrogen (secondary N) is 1. The molecule has 18 heavy (non-hydrogen) atoms. The molecule has 0 saturated heterocycles. The highest BCUT2D eigenvalue weighted by Crippen LogP contribution is 2.11. The first-order chi connectivity index (χ1) is 8.45. The molecule has 1 rings (SSSR count). The molecule has 98 valence electrons. The minimum Gasteiger partial charge on any atom is -0.287 e. The van der Waals surface area contributed by atoms with Gasteiger partial charge >= 0.3 is 0 Å². The summed E-state index contributed by atoms with van der Waals surface area (Å²) in [4.78, 5) is 7.09. The maximum Gasteiger partial charge on any atom is 0.262 e. The van der Waals surface area contributed by atoms with Crippen molar-refractivity contribution < 1.29 is 13.3 Å². The quantitative estimate of drug-likeness (QED) is 0.795. The Morgan fingerprint density at radius 1 is 1.33 bits per heavy atom. The zero-order valence-electron chi connectivity index (χ0n) is 10.4. The van der Waals surface area contributed by atoms with Crippen LogP contribution in [0.15, 0.2) is 29.2 Å². The number of benzene rings is 1. The Balaban J connectivity index is 2.70. The summed E-state index contributed by atoms with van der Waals surface area (Å²) in [5.74, 6) is 0.241. The molecule has 0 aromatic heterocycles. The van der Waals surface area contributed by atoms with Gasteiger partial charge in [0, 0.05) is 0 Å². The first-order valence-electron chi connectivity index (χ1n) is 5.55. The van der Waals surface area contributed by atoms with Crippen molar-refractivity contribution in [2.45, 2.75) is 25.2 Å². The lowest BCUT2D eigenvalue weighted by atomic mass is 10.2. The van der Waals surface area contributed by atoms with Crippen LogP contribution in [0.2, 0.25) is 0 Å². The fraction of sp³-hybridized carbons (Fsp3) is 0.417. The van der Waals surface area contributed by atoms with Crippen molar-refractivity contribution in [1.82, 2.24) is 4.89 Å². The smallest absolute Gasteiger partial charge is 0.262 e. The molecule has 0 saturated carbocycles. The summed E-state index contributed by atoms with van der Waals surface area (Å²) in [5, 5.41) is 8.52. The van der Waals surface area contributed by atoms with Crippen LogP contribution in [0.1, 0.15) is 19.4 Å². The molecule has 0 aliphatic heterocycles. The van der Waals surface area contributed by atoms with E-state index in [0.717, 1.165) is 5.56 Å². The maximum absolute atomic E-state index is 11.8. The van der Waals surface area contributed by atoms with Gasteiger partial charge in [0.1, 0.15) is 0 Å². The summed E-state index contributed by atoms with van der Waals surface area (Å²) in [6.45, 7) is 4.15. The van der Waals surface area contributed by atoms with E-state index < -0.39 is 10.0 Å². The molecule has 1 N–H and O–H groups in total. The van der Waals surface area contributed by atoms with Crippen molar-refractivity contribution in [3.05, 3.63) is 29.8 Å². The third kappa shape index (κ3) is 4.45. The fourth-order valence-electron chi connectivity index (χ4n) is 1.20. The number of nitriles is 1. The molecule has 0 atom stereocenters. The minimum atomic E-state index is -3.64. The molecule has 0 heterocycles. The van der Waals surface area contributed by atoms with Crippen LogP contribution in [0.4, 0.5) is 0 Å². The molecule has 1 aromatic rings. The monoisotopic (exact) mass is 268 g/mol. The average Bonchev–Trinajstić information content (AvgIpc) is 2.29. The lowest BCUT2D eigenvalue weighted by molar-refractivity contribution is 0.0719. The topological polar surface area (TPSA) is 79.2 Å². The van der Waals surface area contributed by atoms with Gasteiger partial charge in [-0.1, -0.05) is 30.9 Å². The molecule has 0 unspecified atom stereocenters. The van der Waals surface area contributed by atoms with E-state index in [9.17, 15) is 8.42 Å². The van der Waals surface area contributed by atoms with Gasteiger partial charge in [0.25, 0.3) is 10.0 Å². The van der Waals surface area contributed by atoms with Gasteiger partial charge in [-0.15, -0.1) is 0 Å². The van der Waals surface area contributed by atoms with Crippen LogP contribution in [-0.4, -0.2) is 15.0 Å². The van der Waals surface area contributed by atoms with Crippen molar-refractivity contribution in [3.8, 4) is 6.07 Å². The van der Waals surface area contributed by atoms with Crippen LogP contribution in [0.25, 0.3) is 0 Å². The second kappa shape index (κ2) is 6.50. The number of hydrogen-bond acceptors (Lipinski definition) is 4. The highest BCUT2D eigenvalue weighted by atomic mass is 32.2. The minimum absolute atomic E-state index is 0.118. The average molecular weight is 268 g/mol. The van der Waals surface area contributed by atoms with E-state index in [1.165, 1.54) is 12.1 Å². The van der Waals surface area contributed by atoms with E-state index in [-0.39, 0.29) is 17.2 Å². The summed E-state index contributed by atoms with van der Waals surface area (Å²) in [6.07, 6.45) is 0.262. The maximum atomic E-state index is 11.8. The number of rotatable bonds is 6. The van der Waals surface area contributed by atoms with Crippen LogP contribution in [0, 0.1) is 17.2 Å². The predicted molar refractivity (Wildman–Crippen MR) is 66.9 cm³/mol. The molecule has 6 heteroatoms. The first kappa shape index (κ1) is 14.6. The van der Waals surface area contributed by atoms with Gasteiger partial charge in [-0.3, -0.25) is 4.84 Å². The van der Waals surface area contributed by atoms with Gasteiger partial charge in [0.05, 0.1) is 24.0 Å². The van der Waals surface area contributed by atoms with Gasteiger partial charge < -0.3 is 0 Å². The third-order valence-electron chi connectivity index (χ3n) is 2.10. The van der Waals surface area contributed by atoms with Gasteiger partial charge in [-0.25, -0.2) is 8.42 Å². The zero-order valence-corrected chi connectivity index (χ0v) is 11.2. The molecule has 0 amide bonds. The molecular weight excluding hydrogens is 252 g/mol. The molecule has 0 spiro atoms. The Morgan fingerprint density at radius 3 is 2.44 bits per heavy atom. The van der Waals surface area contributed by atoms with Gasteiger partial charge in [-0.05, 0) is 23.6 Å². The van der Waals surface area contributed by atoms with E-state index in [1.807, 2.05) is 19.9 Å². The highest BCUT2D eigenvalue weighted by molar-refractivity contribution is 7.89. The molecule has 0 aliphatic rings. The summed E-state index contributed by atoms with van der Waals surface area (Å²) in [6, 6.07) is 8.13. The summed E-state index contributed by atoms with van der Waals surface area (Å²) in [7, 11) is -3.64. The van der Waals surface area contributed by atoms with E-state index in [0.29, 0.717) is 6.61 Å². The Bertz CT molecular complexity index is 515. The lowest BCUT2D eigenvalue weighted by Crippen LogP contribution is -2.25. The molecule has 1 aromatic carbocycles. The van der Waals surface area contributed by atoms with E-state index in [2.05, 4.69) is 4.89 Å². The fourth-order valence-corrected chi connectivity index (χ4v) is 2.02. The van der Waals surface area contributed by atoms with Crippen molar-refractivity contribution in [3.63, 3.8) is 0 Å². The molecule has 0 aliphatic carbocycles. The molecular formula is C12H16N2O3S.